The molecule has 0 radical (unpaired) electrons. The normalized spacial score (nSPS) is 10.9. The third-order valence-electron chi connectivity index (χ3n) is 3.88. The molecule has 0 bridgehead atoms. The number of hydrogen-bond acceptors (Lipinski definition) is 3. The first-order valence-electron chi connectivity index (χ1n) is 8.46. The van der Waals surface area contributed by atoms with Crippen LogP contribution < -0.4 is 15.6 Å². The second-order valence-corrected chi connectivity index (χ2v) is 8.04. The van der Waals surface area contributed by atoms with Crippen molar-refractivity contribution >= 4 is 72.1 Å². The highest BCUT2D eigenvalue weighted by atomic mass is 79.9. The predicted octanol–water partition coefficient (Wildman–Crippen LogP) is 5.26. The van der Waals surface area contributed by atoms with Crippen LogP contribution >= 0.6 is 43.5 Å². The van der Waals surface area contributed by atoms with Crippen molar-refractivity contribution < 1.29 is 14.3 Å². The third-order valence-corrected chi connectivity index (χ3v) is 5.54. The SMILES string of the molecule is O=C(C=Cc1ccccc1Cl)NNC(=O)COc1ccc2cc(Br)ccc2c1Br. The van der Waals surface area contributed by atoms with Gasteiger partial charge in [0.05, 0.1) is 4.47 Å². The lowest BCUT2D eigenvalue weighted by Crippen LogP contribution is -2.43. The maximum atomic E-state index is 12.0. The Morgan fingerprint density at radius 2 is 1.83 bits per heavy atom. The number of hydrazine groups is 1. The lowest BCUT2D eigenvalue weighted by Gasteiger charge is -2.11. The Hall–Kier alpha value is -2.35. The largest absolute Gasteiger partial charge is 0.483 e. The third kappa shape index (κ3) is 5.82. The summed E-state index contributed by atoms with van der Waals surface area (Å²) in [6, 6.07) is 16.6. The van der Waals surface area contributed by atoms with Crippen molar-refractivity contribution in [3.05, 3.63) is 80.2 Å². The van der Waals surface area contributed by atoms with Crippen LogP contribution in [-0.2, 0) is 9.59 Å². The standard InChI is InChI=1S/C21H15Br2ClN2O3/c22-15-7-8-16-14(11-15)5-9-18(21(16)23)29-12-20(28)26-25-19(27)10-6-13-3-1-2-4-17(13)24/h1-11H,12H2,(H,25,27)(H,26,28). The van der Waals surface area contributed by atoms with Crippen LogP contribution in [0.2, 0.25) is 5.02 Å². The summed E-state index contributed by atoms with van der Waals surface area (Å²) < 4.78 is 7.28. The number of benzene rings is 3. The van der Waals surface area contributed by atoms with Gasteiger partial charge in [-0.15, -0.1) is 0 Å². The highest BCUT2D eigenvalue weighted by molar-refractivity contribution is 9.11. The number of hydrogen-bond donors (Lipinski definition) is 2. The quantitative estimate of drug-likeness (QED) is 0.344. The number of ether oxygens (including phenoxy) is 1. The summed E-state index contributed by atoms with van der Waals surface area (Å²) in [6.45, 7) is -0.255. The molecule has 0 unspecified atom stereocenters. The van der Waals surface area contributed by atoms with E-state index >= 15 is 0 Å². The molecule has 0 aliphatic rings. The van der Waals surface area contributed by atoms with Gasteiger partial charge in [-0.2, -0.15) is 0 Å². The van der Waals surface area contributed by atoms with E-state index in [1.165, 1.54) is 6.08 Å². The first-order valence-corrected chi connectivity index (χ1v) is 10.4. The monoisotopic (exact) mass is 536 g/mol. The van der Waals surface area contributed by atoms with E-state index in [-0.39, 0.29) is 6.61 Å². The van der Waals surface area contributed by atoms with Gasteiger partial charge in [0.15, 0.2) is 6.61 Å². The topological polar surface area (TPSA) is 67.4 Å². The molecule has 0 fully saturated rings. The summed E-state index contributed by atoms with van der Waals surface area (Å²) in [5.74, 6) is -0.456. The Kier molecular flexibility index (Phi) is 7.30. The lowest BCUT2D eigenvalue weighted by molar-refractivity contribution is -0.128. The van der Waals surface area contributed by atoms with Crippen LogP contribution in [0.3, 0.4) is 0 Å². The molecule has 2 N–H and O–H groups in total. The van der Waals surface area contributed by atoms with Gasteiger partial charge in [0.1, 0.15) is 5.75 Å². The molecule has 0 aromatic heterocycles. The zero-order valence-corrected chi connectivity index (χ0v) is 18.8. The molecule has 8 heteroatoms. The van der Waals surface area contributed by atoms with Crippen molar-refractivity contribution in [2.75, 3.05) is 6.61 Å². The average Bonchev–Trinajstić information content (AvgIpc) is 2.71. The molecule has 29 heavy (non-hydrogen) atoms. The van der Waals surface area contributed by atoms with E-state index in [1.807, 2.05) is 30.3 Å². The van der Waals surface area contributed by atoms with E-state index in [9.17, 15) is 9.59 Å². The molecule has 0 atom stereocenters. The van der Waals surface area contributed by atoms with E-state index in [0.29, 0.717) is 16.3 Å². The van der Waals surface area contributed by atoms with E-state index < -0.39 is 11.8 Å². The molecule has 0 aliphatic carbocycles. The zero-order chi connectivity index (χ0) is 20.8. The minimum atomic E-state index is -0.493. The van der Waals surface area contributed by atoms with Crippen molar-refractivity contribution in [2.24, 2.45) is 0 Å². The van der Waals surface area contributed by atoms with Gasteiger partial charge in [0, 0.05) is 15.6 Å². The first-order chi connectivity index (χ1) is 13.9. The molecule has 0 heterocycles. The highest BCUT2D eigenvalue weighted by Gasteiger charge is 2.09. The van der Waals surface area contributed by atoms with Crippen LogP contribution in [0.15, 0.2) is 69.6 Å². The minimum Gasteiger partial charge on any atom is -0.483 e. The molecule has 3 aromatic carbocycles. The fourth-order valence-corrected chi connectivity index (χ4v) is 3.67. The van der Waals surface area contributed by atoms with Gasteiger partial charge in [-0.05, 0) is 62.6 Å². The van der Waals surface area contributed by atoms with Gasteiger partial charge >= 0.3 is 0 Å². The van der Waals surface area contributed by atoms with Gasteiger partial charge < -0.3 is 4.74 Å². The van der Waals surface area contributed by atoms with Gasteiger partial charge in [-0.3, -0.25) is 20.4 Å². The summed E-state index contributed by atoms with van der Waals surface area (Å²) in [5, 5.41) is 2.52. The van der Waals surface area contributed by atoms with E-state index in [1.54, 1.807) is 30.3 Å². The molecular weight excluding hydrogens is 524 g/mol. The minimum absolute atomic E-state index is 0.255. The number of fused-ring (bicyclic) bond motifs is 1. The summed E-state index contributed by atoms with van der Waals surface area (Å²) >= 11 is 13.0. The maximum Gasteiger partial charge on any atom is 0.276 e. The second kappa shape index (κ2) is 9.91. The molecule has 2 amide bonds. The number of amides is 2. The number of carbonyl (C=O) groups is 2. The van der Waals surface area contributed by atoms with Crippen LogP contribution in [0.25, 0.3) is 16.8 Å². The van der Waals surface area contributed by atoms with Crippen molar-refractivity contribution in [2.45, 2.75) is 0 Å². The van der Waals surface area contributed by atoms with Crippen LogP contribution in [-0.4, -0.2) is 18.4 Å². The van der Waals surface area contributed by atoms with E-state index in [0.717, 1.165) is 19.7 Å². The molecule has 148 valence electrons. The number of carbonyl (C=O) groups excluding carboxylic acids is 2. The number of rotatable bonds is 5. The van der Waals surface area contributed by atoms with Gasteiger partial charge in [0.25, 0.3) is 11.8 Å². The lowest BCUT2D eigenvalue weighted by atomic mass is 10.1. The Bertz CT molecular complexity index is 1100. The fourth-order valence-electron chi connectivity index (χ4n) is 2.48. The van der Waals surface area contributed by atoms with Gasteiger partial charge in [0.2, 0.25) is 0 Å². The van der Waals surface area contributed by atoms with Crippen LogP contribution in [0.5, 0.6) is 5.75 Å². The Morgan fingerprint density at radius 3 is 2.62 bits per heavy atom. The summed E-state index contributed by atoms with van der Waals surface area (Å²) in [5.41, 5.74) is 5.29. The molecule has 0 saturated carbocycles. The van der Waals surface area contributed by atoms with Crippen molar-refractivity contribution in [1.82, 2.24) is 10.9 Å². The molecular formula is C21H15Br2ClN2O3. The summed E-state index contributed by atoms with van der Waals surface area (Å²) in [6.07, 6.45) is 2.84. The second-order valence-electron chi connectivity index (χ2n) is 5.92. The van der Waals surface area contributed by atoms with E-state index in [4.69, 9.17) is 16.3 Å². The number of halogens is 3. The highest BCUT2D eigenvalue weighted by Crippen LogP contribution is 2.34. The van der Waals surface area contributed by atoms with Crippen LogP contribution in [0, 0.1) is 0 Å². The van der Waals surface area contributed by atoms with Crippen molar-refractivity contribution in [3.8, 4) is 5.75 Å². The average molecular weight is 539 g/mol. The van der Waals surface area contributed by atoms with Gasteiger partial charge in [-0.25, -0.2) is 0 Å². The smallest absolute Gasteiger partial charge is 0.276 e. The van der Waals surface area contributed by atoms with Crippen molar-refractivity contribution in [1.29, 1.82) is 0 Å². The molecule has 3 rings (SSSR count). The molecule has 3 aromatic rings. The van der Waals surface area contributed by atoms with E-state index in [2.05, 4.69) is 42.7 Å². The molecule has 5 nitrogen and oxygen atoms in total. The Labute approximate surface area is 189 Å². The molecule has 0 aliphatic heterocycles. The summed E-state index contributed by atoms with van der Waals surface area (Å²) in [4.78, 5) is 23.8. The molecule has 0 spiro atoms. The zero-order valence-electron chi connectivity index (χ0n) is 14.9. The Balaban J connectivity index is 1.52. The van der Waals surface area contributed by atoms with Crippen LogP contribution in [0.4, 0.5) is 0 Å². The van der Waals surface area contributed by atoms with Gasteiger partial charge in [-0.1, -0.05) is 57.9 Å². The summed E-state index contributed by atoms with van der Waals surface area (Å²) in [7, 11) is 0. The predicted molar refractivity (Wildman–Crippen MR) is 122 cm³/mol. The van der Waals surface area contributed by atoms with Crippen molar-refractivity contribution in [3.63, 3.8) is 0 Å². The van der Waals surface area contributed by atoms with Crippen LogP contribution in [0.1, 0.15) is 5.56 Å². The molecule has 0 saturated heterocycles. The Morgan fingerprint density at radius 1 is 1.03 bits per heavy atom. The first kappa shape index (κ1) is 21.4. The number of nitrogens with one attached hydrogen (secondary N) is 2. The fraction of sp³-hybridized carbons (Fsp3) is 0.0476. The maximum absolute atomic E-state index is 12.0.